The zero-order chi connectivity index (χ0) is 27.5. The maximum atomic E-state index is 11.9. The Hall–Kier alpha value is 0.0300. The highest BCUT2D eigenvalue weighted by Gasteiger charge is 2.20. The van der Waals surface area contributed by atoms with E-state index in [1.165, 1.54) is 103 Å². The molecule has 0 saturated heterocycles. The molecule has 0 aromatic heterocycles. The van der Waals surface area contributed by atoms with Gasteiger partial charge in [0.15, 0.2) is 0 Å². The Labute approximate surface area is 230 Å². The number of hydrogen-bond donors (Lipinski definition) is 1. The summed E-state index contributed by atoms with van der Waals surface area (Å²) in [7, 11) is -4.03. The zero-order valence-corrected chi connectivity index (χ0v) is 26.0. The Balaban J connectivity index is 3.30. The van der Waals surface area contributed by atoms with Crippen LogP contribution in [0, 0.1) is 11.8 Å². The summed E-state index contributed by atoms with van der Waals surface area (Å²) in [5, 5.41) is 0. The first-order valence-corrected chi connectivity index (χ1v) is 17.1. The van der Waals surface area contributed by atoms with Gasteiger partial charge in [0.05, 0.1) is 26.4 Å². The molecular weight excluding hydrogens is 487 g/mol. The summed E-state index contributed by atoms with van der Waals surface area (Å²) in [5.41, 5.74) is 0. The van der Waals surface area contributed by atoms with Crippen LogP contribution in [0.5, 0.6) is 0 Å². The van der Waals surface area contributed by atoms with Crippen LogP contribution >= 0.6 is 7.82 Å². The van der Waals surface area contributed by atoms with E-state index in [9.17, 15) is 9.46 Å². The van der Waals surface area contributed by atoms with E-state index in [0.29, 0.717) is 26.4 Å². The van der Waals surface area contributed by atoms with Crippen molar-refractivity contribution in [3.05, 3.63) is 0 Å². The second-order valence-corrected chi connectivity index (χ2v) is 12.8. The molecule has 37 heavy (non-hydrogen) atoms. The molecule has 0 aromatic carbocycles. The smallest absolute Gasteiger partial charge is 0.379 e. The minimum Gasteiger partial charge on any atom is -0.379 e. The highest BCUT2D eigenvalue weighted by Crippen LogP contribution is 2.42. The average Bonchev–Trinajstić information content (AvgIpc) is 2.84. The first-order chi connectivity index (χ1) is 17.8. The highest BCUT2D eigenvalue weighted by molar-refractivity contribution is 7.47. The molecule has 7 heteroatoms. The molecule has 0 saturated carbocycles. The zero-order valence-electron chi connectivity index (χ0n) is 25.1. The van der Waals surface area contributed by atoms with Crippen molar-refractivity contribution >= 4 is 7.82 Å². The predicted octanol–water partition coefficient (Wildman–Crippen LogP) is 9.49. The molecule has 0 aliphatic rings. The number of hydrogen-bond acceptors (Lipinski definition) is 5. The fraction of sp³-hybridized carbons (Fsp3) is 1.00. The van der Waals surface area contributed by atoms with Crippen molar-refractivity contribution in [2.75, 3.05) is 39.6 Å². The van der Waals surface area contributed by atoms with Crippen molar-refractivity contribution in [3.63, 3.8) is 0 Å². The summed E-state index contributed by atoms with van der Waals surface area (Å²) in [4.78, 5) is 9.72. The summed E-state index contributed by atoms with van der Waals surface area (Å²) in [5.74, 6) is 1.66. The van der Waals surface area contributed by atoms with Crippen molar-refractivity contribution in [1.29, 1.82) is 0 Å². The topological polar surface area (TPSA) is 74.2 Å². The molecule has 1 N–H and O–H groups in total. The lowest BCUT2D eigenvalue weighted by Crippen LogP contribution is -2.08. The molecule has 224 valence electrons. The third kappa shape index (κ3) is 32.1. The van der Waals surface area contributed by atoms with E-state index in [-0.39, 0.29) is 13.2 Å². The van der Waals surface area contributed by atoms with Crippen molar-refractivity contribution in [2.45, 2.75) is 143 Å². The third-order valence-electron chi connectivity index (χ3n) is 6.60. The normalized spacial score (nSPS) is 12.3. The van der Waals surface area contributed by atoms with Crippen molar-refractivity contribution in [2.24, 2.45) is 11.8 Å². The Morgan fingerprint density at radius 3 is 1.08 bits per heavy atom. The Kier molecular flexibility index (Phi) is 27.6. The number of phosphoric acid groups is 1. The standard InChI is InChI=1S/C30H63O6P/c1-29(2)21-17-13-9-5-7-11-15-19-23-33-25-27-35-37(31,32)36-28-26-34-24-20-16-12-8-6-10-14-18-22-30(3)4/h29-30H,5-28H2,1-4H3,(H,31,32). The van der Waals surface area contributed by atoms with Gasteiger partial charge in [-0.25, -0.2) is 4.57 Å². The van der Waals surface area contributed by atoms with Crippen LogP contribution in [0.1, 0.15) is 143 Å². The molecule has 0 unspecified atom stereocenters. The lowest BCUT2D eigenvalue weighted by Gasteiger charge is -2.12. The molecule has 0 rings (SSSR count). The largest absolute Gasteiger partial charge is 0.472 e. The molecule has 0 radical (unpaired) electrons. The molecule has 6 nitrogen and oxygen atoms in total. The van der Waals surface area contributed by atoms with Gasteiger partial charge in [0.2, 0.25) is 0 Å². The Morgan fingerprint density at radius 1 is 0.459 bits per heavy atom. The van der Waals surface area contributed by atoms with E-state index in [0.717, 1.165) is 24.7 Å². The van der Waals surface area contributed by atoms with Gasteiger partial charge in [-0.1, -0.05) is 130 Å². The molecule has 0 bridgehead atoms. The minimum absolute atomic E-state index is 0.0583. The molecule has 0 aromatic rings. The summed E-state index contributed by atoms with van der Waals surface area (Å²) in [6.45, 7) is 11.2. The maximum Gasteiger partial charge on any atom is 0.472 e. The van der Waals surface area contributed by atoms with Gasteiger partial charge in [0, 0.05) is 13.2 Å². The van der Waals surface area contributed by atoms with Crippen LogP contribution in [-0.2, 0) is 23.1 Å². The van der Waals surface area contributed by atoms with Gasteiger partial charge >= 0.3 is 7.82 Å². The highest BCUT2D eigenvalue weighted by atomic mass is 31.2. The molecule has 0 atom stereocenters. The monoisotopic (exact) mass is 550 g/mol. The summed E-state index contributed by atoms with van der Waals surface area (Å²) in [6, 6.07) is 0. The Bertz CT molecular complexity index is 460. The predicted molar refractivity (Wildman–Crippen MR) is 156 cm³/mol. The van der Waals surface area contributed by atoms with Crippen LogP contribution in [0.15, 0.2) is 0 Å². The number of phosphoric ester groups is 1. The van der Waals surface area contributed by atoms with E-state index in [1.54, 1.807) is 0 Å². The van der Waals surface area contributed by atoms with Gasteiger partial charge in [-0.05, 0) is 24.7 Å². The second-order valence-electron chi connectivity index (χ2n) is 11.4. The lowest BCUT2D eigenvalue weighted by molar-refractivity contribution is 0.0564. The van der Waals surface area contributed by atoms with Gasteiger partial charge < -0.3 is 14.4 Å². The SMILES string of the molecule is CC(C)CCCCCCCCCCOCCOP(=O)(O)OCCOCCCCCCCCCCC(C)C. The van der Waals surface area contributed by atoms with E-state index < -0.39 is 7.82 Å². The molecule has 0 spiro atoms. The molecule has 0 amide bonds. The molecule has 0 fully saturated rings. The molecule has 0 heterocycles. The number of rotatable bonds is 30. The summed E-state index contributed by atoms with van der Waals surface area (Å²) < 4.78 is 32.8. The molecule has 0 aliphatic carbocycles. The summed E-state index contributed by atoms with van der Waals surface area (Å²) in [6.07, 6.45) is 23.1. The minimum atomic E-state index is -4.03. The van der Waals surface area contributed by atoms with Crippen molar-refractivity contribution < 1.29 is 28.0 Å². The van der Waals surface area contributed by atoms with E-state index in [2.05, 4.69) is 27.7 Å². The van der Waals surface area contributed by atoms with E-state index in [1.807, 2.05) is 0 Å². The first-order valence-electron chi connectivity index (χ1n) is 15.6. The Morgan fingerprint density at radius 2 is 0.757 bits per heavy atom. The molecule has 0 aliphatic heterocycles. The maximum absolute atomic E-state index is 11.9. The second kappa shape index (κ2) is 27.6. The van der Waals surface area contributed by atoms with E-state index in [4.69, 9.17) is 18.5 Å². The van der Waals surface area contributed by atoms with Gasteiger partial charge in [0.25, 0.3) is 0 Å². The fourth-order valence-corrected chi connectivity index (χ4v) is 4.98. The summed E-state index contributed by atoms with van der Waals surface area (Å²) >= 11 is 0. The first kappa shape index (κ1) is 37.0. The third-order valence-corrected chi connectivity index (χ3v) is 7.62. The van der Waals surface area contributed by atoms with Gasteiger partial charge in [-0.3, -0.25) is 9.05 Å². The van der Waals surface area contributed by atoms with Crippen LogP contribution in [-0.4, -0.2) is 44.5 Å². The van der Waals surface area contributed by atoms with Gasteiger partial charge in [0.1, 0.15) is 0 Å². The quantitative estimate of drug-likeness (QED) is 0.0709. The van der Waals surface area contributed by atoms with Gasteiger partial charge in [-0.2, -0.15) is 0 Å². The van der Waals surface area contributed by atoms with Crippen molar-refractivity contribution in [3.8, 4) is 0 Å². The van der Waals surface area contributed by atoms with Crippen LogP contribution < -0.4 is 0 Å². The number of unbranched alkanes of at least 4 members (excludes halogenated alkanes) is 14. The average molecular weight is 551 g/mol. The van der Waals surface area contributed by atoms with Crippen LogP contribution in [0.3, 0.4) is 0 Å². The van der Waals surface area contributed by atoms with Crippen molar-refractivity contribution in [1.82, 2.24) is 0 Å². The van der Waals surface area contributed by atoms with Gasteiger partial charge in [-0.15, -0.1) is 0 Å². The van der Waals surface area contributed by atoms with Crippen LogP contribution in [0.25, 0.3) is 0 Å². The van der Waals surface area contributed by atoms with E-state index >= 15 is 0 Å². The molecular formula is C30H63O6P. The van der Waals surface area contributed by atoms with Crippen LogP contribution in [0.2, 0.25) is 0 Å². The lowest BCUT2D eigenvalue weighted by atomic mass is 10.0. The number of ether oxygens (including phenoxy) is 2. The van der Waals surface area contributed by atoms with Crippen LogP contribution in [0.4, 0.5) is 0 Å². The fourth-order valence-electron chi connectivity index (χ4n) is 4.30.